The van der Waals surface area contributed by atoms with E-state index in [1.54, 1.807) is 0 Å². The first kappa shape index (κ1) is 16.6. The van der Waals surface area contributed by atoms with Gasteiger partial charge in [0, 0.05) is 17.2 Å². The fraction of sp³-hybridized carbons (Fsp3) is 0.154. The number of Topliss-reactive ketones (excluding diaryl/α,β-unsaturated/α-hetero) is 1. The molecular weight excluding hydrogens is 332 g/mol. The maximum absolute atomic E-state index is 11.5. The van der Waals surface area contributed by atoms with Crippen molar-refractivity contribution in [3.63, 3.8) is 0 Å². The molecular formula is C13H12O7S2. The van der Waals surface area contributed by atoms with Gasteiger partial charge in [-0.2, -0.15) is 16.8 Å². The maximum Gasteiger partial charge on any atom is 0.295 e. The van der Waals surface area contributed by atoms with Gasteiger partial charge in [-0.1, -0.05) is 12.1 Å². The quantitative estimate of drug-likeness (QED) is 0.804. The van der Waals surface area contributed by atoms with Crippen molar-refractivity contribution >= 4 is 36.8 Å². The van der Waals surface area contributed by atoms with E-state index in [-0.39, 0.29) is 28.5 Å². The molecule has 0 fully saturated rings. The molecule has 2 aromatic rings. The molecule has 0 bridgehead atoms. The standard InChI is InChI=1S/C13H12O7S2/c1-8(14)5-9-6-11-10(13(7-9)22(18,19)20)3-2-4-12(11)21(15,16)17/h2-4,6-7H,5H2,1H3,(H,15,16,17)(H,18,19,20). The molecule has 0 aliphatic rings. The van der Waals surface area contributed by atoms with E-state index in [4.69, 9.17) is 0 Å². The minimum absolute atomic E-state index is 0.0649. The maximum atomic E-state index is 11.5. The van der Waals surface area contributed by atoms with Crippen molar-refractivity contribution < 1.29 is 30.7 Å². The molecule has 0 heterocycles. The van der Waals surface area contributed by atoms with Gasteiger partial charge in [0.1, 0.15) is 15.6 Å². The Bertz CT molecular complexity index is 973. The third-order valence-electron chi connectivity index (χ3n) is 2.99. The second kappa shape index (κ2) is 5.43. The van der Waals surface area contributed by atoms with E-state index >= 15 is 0 Å². The number of fused-ring (bicyclic) bond motifs is 1. The second-order valence-electron chi connectivity index (χ2n) is 4.77. The highest BCUT2D eigenvalue weighted by atomic mass is 32.2. The summed E-state index contributed by atoms with van der Waals surface area (Å²) in [6.07, 6.45) is -0.141. The molecule has 2 N–H and O–H groups in total. The van der Waals surface area contributed by atoms with Crippen LogP contribution in [-0.2, 0) is 31.5 Å². The average Bonchev–Trinajstić information content (AvgIpc) is 2.34. The Balaban J connectivity index is 2.98. The van der Waals surface area contributed by atoms with Gasteiger partial charge in [-0.15, -0.1) is 0 Å². The van der Waals surface area contributed by atoms with Gasteiger partial charge in [0.15, 0.2) is 0 Å². The van der Waals surface area contributed by atoms with Crippen molar-refractivity contribution in [3.05, 3.63) is 35.9 Å². The third-order valence-corrected chi connectivity index (χ3v) is 4.79. The predicted molar refractivity (Wildman–Crippen MR) is 78.0 cm³/mol. The van der Waals surface area contributed by atoms with Crippen LogP contribution in [0.4, 0.5) is 0 Å². The number of carbonyl (C=O) groups excluding carboxylic acids is 1. The van der Waals surface area contributed by atoms with Crippen molar-refractivity contribution in [1.29, 1.82) is 0 Å². The van der Waals surface area contributed by atoms with E-state index in [0.717, 1.165) is 12.1 Å². The van der Waals surface area contributed by atoms with Gasteiger partial charge in [0.2, 0.25) is 0 Å². The van der Waals surface area contributed by atoms with Crippen LogP contribution in [0.5, 0.6) is 0 Å². The van der Waals surface area contributed by atoms with E-state index in [9.17, 15) is 30.7 Å². The summed E-state index contributed by atoms with van der Waals surface area (Å²) in [4.78, 5) is 10.2. The Morgan fingerprint density at radius 3 is 2.05 bits per heavy atom. The molecule has 0 atom stereocenters. The van der Waals surface area contributed by atoms with Gasteiger partial charge >= 0.3 is 0 Å². The highest BCUT2D eigenvalue weighted by Gasteiger charge is 2.21. The van der Waals surface area contributed by atoms with Crippen molar-refractivity contribution in [3.8, 4) is 0 Å². The normalized spacial score (nSPS) is 12.5. The number of benzene rings is 2. The van der Waals surface area contributed by atoms with Crippen LogP contribution in [0, 0.1) is 0 Å². The van der Waals surface area contributed by atoms with Gasteiger partial charge in [0.05, 0.1) is 0 Å². The minimum Gasteiger partial charge on any atom is -0.300 e. The fourth-order valence-corrected chi connectivity index (χ4v) is 3.66. The molecule has 0 saturated carbocycles. The lowest BCUT2D eigenvalue weighted by Crippen LogP contribution is -2.05. The molecule has 2 rings (SSSR count). The van der Waals surface area contributed by atoms with Gasteiger partial charge in [-0.3, -0.25) is 13.9 Å². The number of hydrogen-bond donors (Lipinski definition) is 2. The number of carbonyl (C=O) groups is 1. The molecule has 0 aliphatic carbocycles. The van der Waals surface area contributed by atoms with Crippen LogP contribution in [0.1, 0.15) is 12.5 Å². The number of hydrogen-bond acceptors (Lipinski definition) is 5. The van der Waals surface area contributed by atoms with E-state index in [1.807, 2.05) is 0 Å². The summed E-state index contributed by atoms with van der Waals surface area (Å²) in [5, 5.41) is -0.152. The first-order valence-corrected chi connectivity index (χ1v) is 8.88. The zero-order chi connectivity index (χ0) is 16.7. The number of ketones is 1. The van der Waals surface area contributed by atoms with Gasteiger partial charge in [0.25, 0.3) is 20.2 Å². The van der Waals surface area contributed by atoms with Crippen LogP contribution in [0.3, 0.4) is 0 Å². The summed E-state index contributed by atoms with van der Waals surface area (Å²) >= 11 is 0. The fourth-order valence-electron chi connectivity index (χ4n) is 2.21. The van der Waals surface area contributed by atoms with Crippen LogP contribution in [0.2, 0.25) is 0 Å². The molecule has 22 heavy (non-hydrogen) atoms. The SMILES string of the molecule is CC(=O)Cc1cc(S(=O)(=O)O)c2cccc(S(=O)(=O)O)c2c1. The molecule has 0 aliphatic heterocycles. The van der Waals surface area contributed by atoms with Gasteiger partial charge in [-0.25, -0.2) is 0 Å². The molecule has 0 radical (unpaired) electrons. The Kier molecular flexibility index (Phi) is 4.09. The smallest absolute Gasteiger partial charge is 0.295 e. The van der Waals surface area contributed by atoms with Crippen molar-refractivity contribution in [2.45, 2.75) is 23.1 Å². The first-order valence-electron chi connectivity index (χ1n) is 6.00. The first-order chi connectivity index (χ1) is 10.00. The molecule has 0 saturated heterocycles. The lowest BCUT2D eigenvalue weighted by atomic mass is 10.0. The third kappa shape index (κ3) is 3.33. The second-order valence-corrected chi connectivity index (χ2v) is 7.55. The predicted octanol–water partition coefficient (Wildman–Crippen LogP) is 1.46. The van der Waals surface area contributed by atoms with Crippen LogP contribution in [0.25, 0.3) is 10.8 Å². The molecule has 0 unspecified atom stereocenters. The van der Waals surface area contributed by atoms with Crippen molar-refractivity contribution in [2.24, 2.45) is 0 Å². The van der Waals surface area contributed by atoms with E-state index < -0.39 is 30.0 Å². The Morgan fingerprint density at radius 1 is 0.955 bits per heavy atom. The van der Waals surface area contributed by atoms with Crippen LogP contribution >= 0.6 is 0 Å². The molecule has 0 spiro atoms. The van der Waals surface area contributed by atoms with Gasteiger partial charge < -0.3 is 0 Å². The van der Waals surface area contributed by atoms with Crippen molar-refractivity contribution in [2.75, 3.05) is 0 Å². The lowest BCUT2D eigenvalue weighted by molar-refractivity contribution is -0.116. The summed E-state index contributed by atoms with van der Waals surface area (Å²) in [6, 6.07) is 6.04. The topological polar surface area (TPSA) is 126 Å². The highest BCUT2D eigenvalue weighted by Crippen LogP contribution is 2.30. The molecule has 0 amide bonds. The molecule has 9 heteroatoms. The van der Waals surface area contributed by atoms with Crippen LogP contribution in [0.15, 0.2) is 40.1 Å². The monoisotopic (exact) mass is 344 g/mol. The van der Waals surface area contributed by atoms with E-state index in [1.165, 1.54) is 25.1 Å². The molecule has 7 nitrogen and oxygen atoms in total. The number of rotatable bonds is 4. The largest absolute Gasteiger partial charge is 0.300 e. The Hall–Kier alpha value is -1.81. The zero-order valence-electron chi connectivity index (χ0n) is 11.3. The minimum atomic E-state index is -4.64. The summed E-state index contributed by atoms with van der Waals surface area (Å²) < 4.78 is 64.4. The highest BCUT2D eigenvalue weighted by molar-refractivity contribution is 7.86. The summed E-state index contributed by atoms with van der Waals surface area (Å²) in [5.74, 6) is -0.273. The Morgan fingerprint density at radius 2 is 1.55 bits per heavy atom. The molecule has 2 aromatic carbocycles. The summed E-state index contributed by atoms with van der Waals surface area (Å²) in [5.41, 5.74) is 0.212. The average molecular weight is 344 g/mol. The summed E-state index contributed by atoms with van der Waals surface area (Å²) in [7, 11) is -9.24. The van der Waals surface area contributed by atoms with Crippen LogP contribution in [-0.4, -0.2) is 31.7 Å². The Labute approximate surface area is 127 Å². The lowest BCUT2D eigenvalue weighted by Gasteiger charge is -2.10. The molecule has 0 aromatic heterocycles. The van der Waals surface area contributed by atoms with Gasteiger partial charge in [-0.05, 0) is 30.7 Å². The summed E-state index contributed by atoms with van der Waals surface area (Å²) in [6.45, 7) is 1.28. The van der Waals surface area contributed by atoms with Crippen LogP contribution < -0.4 is 0 Å². The van der Waals surface area contributed by atoms with E-state index in [2.05, 4.69) is 0 Å². The van der Waals surface area contributed by atoms with E-state index in [0.29, 0.717) is 0 Å². The molecule has 118 valence electrons. The van der Waals surface area contributed by atoms with Crippen molar-refractivity contribution in [1.82, 2.24) is 0 Å². The zero-order valence-corrected chi connectivity index (χ0v) is 13.0.